The molecule has 2 aromatic heterocycles. The number of nitrogens with zero attached hydrogens (tertiary/aromatic N) is 3. The van der Waals surface area contributed by atoms with Crippen molar-refractivity contribution in [2.24, 2.45) is 0 Å². The van der Waals surface area contributed by atoms with Crippen LogP contribution < -0.4 is 4.74 Å². The minimum atomic E-state index is 0.0822. The number of hydrogen-bond donors (Lipinski definition) is 0. The molecule has 1 atom stereocenters. The average Bonchev–Trinajstić information content (AvgIpc) is 3.42. The molecule has 4 rings (SSSR count). The van der Waals surface area contributed by atoms with E-state index in [-0.39, 0.29) is 11.8 Å². The monoisotopic (exact) mass is 383 g/mol. The lowest BCUT2D eigenvalue weighted by atomic mass is 10.1. The zero-order chi connectivity index (χ0) is 18.6. The van der Waals surface area contributed by atoms with Crippen LogP contribution in [0, 0.1) is 6.92 Å². The van der Waals surface area contributed by atoms with Crippen molar-refractivity contribution < 1.29 is 14.1 Å². The fraction of sp³-hybridized carbons (Fsp3) is 0.350. The Morgan fingerprint density at radius 1 is 1.37 bits per heavy atom. The largest absolute Gasteiger partial charge is 0.493 e. The number of benzene rings is 1. The average molecular weight is 383 g/mol. The fourth-order valence-electron chi connectivity index (χ4n) is 3.20. The van der Waals surface area contributed by atoms with Gasteiger partial charge in [-0.05, 0) is 42.5 Å². The van der Waals surface area contributed by atoms with Gasteiger partial charge in [0.1, 0.15) is 5.75 Å². The first-order valence-electron chi connectivity index (χ1n) is 9.04. The predicted octanol–water partition coefficient (Wildman–Crippen LogP) is 3.69. The summed E-state index contributed by atoms with van der Waals surface area (Å²) >= 11 is 1.47. The van der Waals surface area contributed by atoms with E-state index < -0.39 is 0 Å². The molecule has 1 amide bonds. The van der Waals surface area contributed by atoms with Crippen LogP contribution in [0.3, 0.4) is 0 Å². The Balaban J connectivity index is 1.30. The van der Waals surface area contributed by atoms with E-state index in [0.29, 0.717) is 31.3 Å². The number of carbonyl (C=O) groups is 1. The predicted molar refractivity (Wildman–Crippen MR) is 102 cm³/mol. The molecule has 1 aliphatic heterocycles. The zero-order valence-electron chi connectivity index (χ0n) is 15.1. The van der Waals surface area contributed by atoms with E-state index in [1.807, 2.05) is 53.6 Å². The van der Waals surface area contributed by atoms with Crippen LogP contribution >= 0.6 is 11.3 Å². The van der Waals surface area contributed by atoms with Crippen LogP contribution in [0.15, 0.2) is 46.3 Å². The van der Waals surface area contributed by atoms with Gasteiger partial charge in [-0.25, -0.2) is 0 Å². The van der Waals surface area contributed by atoms with Gasteiger partial charge in [0.25, 0.3) is 5.91 Å². The summed E-state index contributed by atoms with van der Waals surface area (Å²) in [5, 5.41) is 5.98. The highest BCUT2D eigenvalue weighted by Gasteiger charge is 2.31. The molecule has 3 heterocycles. The Labute approximate surface area is 161 Å². The fourth-order valence-corrected chi connectivity index (χ4v) is 3.89. The van der Waals surface area contributed by atoms with E-state index in [9.17, 15) is 4.79 Å². The molecule has 1 saturated heterocycles. The molecule has 27 heavy (non-hydrogen) atoms. The van der Waals surface area contributed by atoms with E-state index in [0.717, 1.165) is 29.2 Å². The third kappa shape index (κ3) is 4.19. The highest BCUT2D eigenvalue weighted by atomic mass is 32.1. The molecular formula is C20H21N3O3S. The van der Waals surface area contributed by atoms with E-state index in [1.165, 1.54) is 11.3 Å². The van der Waals surface area contributed by atoms with E-state index in [2.05, 4.69) is 10.1 Å². The number of ether oxygens (including phenoxy) is 1. The van der Waals surface area contributed by atoms with Crippen LogP contribution in [0.1, 0.15) is 39.3 Å². The van der Waals surface area contributed by atoms with Crippen molar-refractivity contribution >= 4 is 17.2 Å². The topological polar surface area (TPSA) is 68.5 Å². The number of amides is 1. The first-order valence-corrected chi connectivity index (χ1v) is 9.92. The Kier molecular flexibility index (Phi) is 5.20. The van der Waals surface area contributed by atoms with Crippen LogP contribution in [0.25, 0.3) is 0 Å². The summed E-state index contributed by atoms with van der Waals surface area (Å²) in [7, 11) is 0. The molecule has 1 aromatic carbocycles. The Hall–Kier alpha value is -2.67. The first kappa shape index (κ1) is 17.7. The number of rotatable bonds is 6. The van der Waals surface area contributed by atoms with E-state index in [1.54, 1.807) is 0 Å². The van der Waals surface area contributed by atoms with Crippen molar-refractivity contribution in [1.29, 1.82) is 0 Å². The summed E-state index contributed by atoms with van der Waals surface area (Å²) < 4.78 is 11.2. The van der Waals surface area contributed by atoms with Crippen LogP contribution in [0.4, 0.5) is 0 Å². The number of thiophene rings is 1. The highest BCUT2D eigenvalue weighted by Crippen LogP contribution is 2.28. The third-order valence-electron chi connectivity index (χ3n) is 4.62. The van der Waals surface area contributed by atoms with Crippen molar-refractivity contribution in [3.63, 3.8) is 0 Å². The van der Waals surface area contributed by atoms with Gasteiger partial charge >= 0.3 is 0 Å². The molecular weight excluding hydrogens is 362 g/mol. The molecule has 3 aromatic rings. The van der Waals surface area contributed by atoms with Gasteiger partial charge in [-0.1, -0.05) is 23.4 Å². The highest BCUT2D eigenvalue weighted by molar-refractivity contribution is 7.12. The molecule has 6 nitrogen and oxygen atoms in total. The van der Waals surface area contributed by atoms with Crippen LogP contribution in [-0.4, -0.2) is 40.6 Å². The van der Waals surface area contributed by atoms with Gasteiger partial charge in [0.2, 0.25) is 5.89 Å². The molecule has 0 radical (unpaired) electrons. The molecule has 1 unspecified atom stereocenters. The molecule has 140 valence electrons. The maximum absolute atomic E-state index is 12.4. The second kappa shape index (κ2) is 7.92. The van der Waals surface area contributed by atoms with Gasteiger partial charge in [0, 0.05) is 19.5 Å². The van der Waals surface area contributed by atoms with Crippen molar-refractivity contribution in [2.45, 2.75) is 25.7 Å². The third-order valence-corrected chi connectivity index (χ3v) is 5.48. The second-order valence-electron chi connectivity index (χ2n) is 6.68. The van der Waals surface area contributed by atoms with Gasteiger partial charge in [0.05, 0.1) is 17.4 Å². The van der Waals surface area contributed by atoms with Gasteiger partial charge in [-0.15, -0.1) is 11.3 Å². The van der Waals surface area contributed by atoms with E-state index in [4.69, 9.17) is 9.26 Å². The quantitative estimate of drug-likeness (QED) is 0.649. The summed E-state index contributed by atoms with van der Waals surface area (Å²) in [6.45, 7) is 3.87. The normalized spacial score (nSPS) is 16.6. The standard InChI is InChI=1S/C20H21N3O3S/c1-14-4-2-5-16(12-14)25-10-8-18-21-19(26-22-18)15-7-9-23(13-15)20(24)17-6-3-11-27-17/h2-6,11-12,15H,7-10,13H2,1H3. The molecule has 0 spiro atoms. The summed E-state index contributed by atoms with van der Waals surface area (Å²) in [6.07, 6.45) is 1.43. The summed E-state index contributed by atoms with van der Waals surface area (Å²) in [5.41, 5.74) is 1.16. The minimum absolute atomic E-state index is 0.0822. The van der Waals surface area contributed by atoms with Gasteiger partial charge in [0.15, 0.2) is 5.82 Å². The van der Waals surface area contributed by atoms with Crippen molar-refractivity contribution in [3.05, 3.63) is 63.9 Å². The summed E-state index contributed by atoms with van der Waals surface area (Å²) in [5.74, 6) is 2.28. The van der Waals surface area contributed by atoms with Gasteiger partial charge < -0.3 is 14.2 Å². The molecule has 0 bridgehead atoms. The smallest absolute Gasteiger partial charge is 0.263 e. The molecule has 1 aliphatic rings. The lowest BCUT2D eigenvalue weighted by Gasteiger charge is -2.14. The number of hydrogen-bond acceptors (Lipinski definition) is 6. The lowest BCUT2D eigenvalue weighted by molar-refractivity contribution is 0.0794. The molecule has 0 aliphatic carbocycles. The van der Waals surface area contributed by atoms with Gasteiger partial charge in [-0.3, -0.25) is 4.79 Å². The summed E-state index contributed by atoms with van der Waals surface area (Å²) in [4.78, 5) is 19.6. The molecule has 0 saturated carbocycles. The first-order chi connectivity index (χ1) is 13.2. The Bertz CT molecular complexity index is 907. The van der Waals surface area contributed by atoms with E-state index >= 15 is 0 Å². The second-order valence-corrected chi connectivity index (χ2v) is 7.63. The van der Waals surface area contributed by atoms with Crippen molar-refractivity contribution in [3.8, 4) is 5.75 Å². The van der Waals surface area contributed by atoms with Crippen LogP contribution in [0.2, 0.25) is 0 Å². The molecule has 1 fully saturated rings. The number of aryl methyl sites for hydroxylation is 1. The van der Waals surface area contributed by atoms with Gasteiger partial charge in [-0.2, -0.15) is 4.98 Å². The zero-order valence-corrected chi connectivity index (χ0v) is 15.9. The SMILES string of the molecule is Cc1cccc(OCCc2noc(C3CCN(C(=O)c4cccs4)C3)n2)c1. The van der Waals surface area contributed by atoms with Crippen LogP contribution in [-0.2, 0) is 6.42 Å². The molecule has 7 heteroatoms. The Morgan fingerprint density at radius 2 is 2.30 bits per heavy atom. The molecule has 0 N–H and O–H groups in total. The minimum Gasteiger partial charge on any atom is -0.493 e. The summed E-state index contributed by atoms with van der Waals surface area (Å²) in [6, 6.07) is 11.7. The van der Waals surface area contributed by atoms with Crippen molar-refractivity contribution in [1.82, 2.24) is 15.0 Å². The maximum Gasteiger partial charge on any atom is 0.263 e. The Morgan fingerprint density at radius 3 is 3.11 bits per heavy atom. The number of aromatic nitrogens is 2. The number of carbonyl (C=O) groups excluding carboxylic acids is 1. The van der Waals surface area contributed by atoms with Crippen LogP contribution in [0.5, 0.6) is 5.75 Å². The van der Waals surface area contributed by atoms with Crippen molar-refractivity contribution in [2.75, 3.05) is 19.7 Å². The maximum atomic E-state index is 12.4. The number of likely N-dealkylation sites (tertiary alicyclic amines) is 1. The lowest BCUT2D eigenvalue weighted by Crippen LogP contribution is -2.27.